The summed E-state index contributed by atoms with van der Waals surface area (Å²) < 4.78 is 34.4. The maximum atomic E-state index is 13.5. The molecule has 33 heavy (non-hydrogen) atoms. The molecular weight excluding hydrogens is 430 g/mol. The van der Waals surface area contributed by atoms with Gasteiger partial charge in [-0.2, -0.15) is 5.10 Å². The first kappa shape index (κ1) is 19.5. The molecule has 6 rings (SSSR count). The molecule has 0 fully saturated rings. The molecule has 0 saturated carbocycles. The molecule has 1 atom stereocenters. The minimum Gasteiger partial charge on any atom is -0.402 e. The molecule has 166 valence electrons. The smallest absolute Gasteiger partial charge is 0.319 e. The third-order valence-electron chi connectivity index (χ3n) is 5.73. The summed E-state index contributed by atoms with van der Waals surface area (Å²) in [5.41, 5.74) is 4.08. The molecule has 5 aromatic rings. The van der Waals surface area contributed by atoms with E-state index in [2.05, 4.69) is 30.2 Å². The van der Waals surface area contributed by atoms with Crippen LogP contribution >= 0.6 is 0 Å². The van der Waals surface area contributed by atoms with E-state index >= 15 is 0 Å². The number of aromatic amines is 1. The fourth-order valence-corrected chi connectivity index (χ4v) is 4.23. The van der Waals surface area contributed by atoms with E-state index in [0.717, 1.165) is 17.1 Å². The number of fused-ring (bicyclic) bond motifs is 2. The number of hydrogen-bond donors (Lipinski definition) is 1. The van der Waals surface area contributed by atoms with Crippen LogP contribution in [0.4, 0.5) is 14.8 Å². The van der Waals surface area contributed by atoms with Gasteiger partial charge in [0.2, 0.25) is 0 Å². The molecule has 1 aliphatic heterocycles. The summed E-state index contributed by atoms with van der Waals surface area (Å²) in [7, 11) is 0. The molecule has 0 saturated heterocycles. The van der Waals surface area contributed by atoms with Gasteiger partial charge in [-0.3, -0.25) is 0 Å². The van der Waals surface area contributed by atoms with Gasteiger partial charge in [0.1, 0.15) is 17.4 Å². The number of hydrogen-bond acceptors (Lipinski definition) is 7. The number of aromatic nitrogens is 7. The van der Waals surface area contributed by atoms with Gasteiger partial charge in [0, 0.05) is 24.4 Å². The standard InChI is InChI=1S/C22H18F2N8O/c1-12-4-2-6-15(27-12)21-28-29-22(33-21)31-9-8-14-18(26-11-25-14)19(31)16-10-13-5-3-7-17(20(23)24)32(13)30-16/h2-7,10-11,19-20H,8-9H2,1H3,(H,25,26)/t19-/m0/s1. The van der Waals surface area contributed by atoms with Crippen LogP contribution in [0.1, 0.15) is 40.9 Å². The molecule has 0 radical (unpaired) electrons. The van der Waals surface area contributed by atoms with Crippen LogP contribution in [0.2, 0.25) is 0 Å². The van der Waals surface area contributed by atoms with Crippen molar-refractivity contribution in [3.8, 4) is 11.6 Å². The highest BCUT2D eigenvalue weighted by Crippen LogP contribution is 2.37. The fourth-order valence-electron chi connectivity index (χ4n) is 4.23. The van der Waals surface area contributed by atoms with Crippen LogP contribution in [0.3, 0.4) is 0 Å². The summed E-state index contributed by atoms with van der Waals surface area (Å²) >= 11 is 0. The van der Waals surface area contributed by atoms with Gasteiger partial charge in [-0.05, 0) is 37.3 Å². The molecule has 0 amide bonds. The highest BCUT2D eigenvalue weighted by molar-refractivity contribution is 5.54. The van der Waals surface area contributed by atoms with Crippen LogP contribution < -0.4 is 4.90 Å². The monoisotopic (exact) mass is 448 g/mol. The lowest BCUT2D eigenvalue weighted by molar-refractivity contribution is 0.143. The van der Waals surface area contributed by atoms with Crippen LogP contribution in [-0.2, 0) is 6.42 Å². The van der Waals surface area contributed by atoms with E-state index < -0.39 is 12.5 Å². The van der Waals surface area contributed by atoms with Crippen LogP contribution in [0, 0.1) is 6.92 Å². The van der Waals surface area contributed by atoms with Crippen LogP contribution in [0.15, 0.2) is 53.2 Å². The summed E-state index contributed by atoms with van der Waals surface area (Å²) in [5, 5.41) is 13.0. The highest BCUT2D eigenvalue weighted by atomic mass is 19.3. The van der Waals surface area contributed by atoms with E-state index in [1.54, 1.807) is 30.6 Å². The summed E-state index contributed by atoms with van der Waals surface area (Å²) in [6.07, 6.45) is -0.343. The first-order chi connectivity index (χ1) is 16.1. The van der Waals surface area contributed by atoms with Gasteiger partial charge in [0.25, 0.3) is 12.3 Å². The molecule has 0 spiro atoms. The van der Waals surface area contributed by atoms with Crippen molar-refractivity contribution in [1.29, 1.82) is 0 Å². The van der Waals surface area contributed by atoms with E-state index in [-0.39, 0.29) is 11.7 Å². The van der Waals surface area contributed by atoms with Crippen LogP contribution in [-0.4, -0.2) is 41.3 Å². The maximum absolute atomic E-state index is 13.5. The van der Waals surface area contributed by atoms with Gasteiger partial charge >= 0.3 is 6.01 Å². The summed E-state index contributed by atoms with van der Waals surface area (Å²) in [4.78, 5) is 14.0. The summed E-state index contributed by atoms with van der Waals surface area (Å²) in [5.74, 6) is 0.301. The molecule has 6 heterocycles. The SMILES string of the molecule is Cc1cccc(-c2nnc(N3CCc4[nH]cnc4[C@@H]3c3cc4cccc(C(F)F)n4n3)o2)n1. The zero-order valence-electron chi connectivity index (χ0n) is 17.5. The zero-order valence-corrected chi connectivity index (χ0v) is 17.5. The zero-order chi connectivity index (χ0) is 22.5. The van der Waals surface area contributed by atoms with Crippen molar-refractivity contribution in [3.05, 3.63) is 77.3 Å². The molecule has 0 unspecified atom stereocenters. The Morgan fingerprint density at radius 3 is 2.88 bits per heavy atom. The molecule has 1 aliphatic rings. The van der Waals surface area contributed by atoms with Crippen molar-refractivity contribution in [1.82, 2.24) is 34.8 Å². The molecule has 0 aromatic carbocycles. The molecule has 9 nitrogen and oxygen atoms in total. The highest BCUT2D eigenvalue weighted by Gasteiger charge is 2.36. The van der Waals surface area contributed by atoms with Crippen LogP contribution in [0.25, 0.3) is 17.1 Å². The molecule has 0 aliphatic carbocycles. The summed E-state index contributed by atoms with van der Waals surface area (Å²) in [6, 6.07) is 11.9. The van der Waals surface area contributed by atoms with E-state index in [1.807, 2.05) is 24.0 Å². The number of alkyl halides is 2. The third-order valence-corrected chi connectivity index (χ3v) is 5.73. The lowest BCUT2D eigenvalue weighted by Gasteiger charge is -2.32. The second kappa shape index (κ2) is 7.47. The second-order valence-electron chi connectivity index (χ2n) is 7.82. The second-order valence-corrected chi connectivity index (χ2v) is 7.82. The Morgan fingerprint density at radius 1 is 1.15 bits per heavy atom. The van der Waals surface area contributed by atoms with Gasteiger partial charge < -0.3 is 14.3 Å². The average molecular weight is 448 g/mol. The van der Waals surface area contributed by atoms with Crippen molar-refractivity contribution < 1.29 is 13.2 Å². The van der Waals surface area contributed by atoms with E-state index in [0.29, 0.717) is 35.8 Å². The van der Waals surface area contributed by atoms with Gasteiger partial charge in [0.05, 0.1) is 23.2 Å². The average Bonchev–Trinajstić information content (AvgIpc) is 3.56. The van der Waals surface area contributed by atoms with Gasteiger partial charge in [-0.1, -0.05) is 17.2 Å². The number of rotatable bonds is 4. The van der Waals surface area contributed by atoms with Crippen LogP contribution in [0.5, 0.6) is 0 Å². The molecular formula is C22H18F2N8O. The quantitative estimate of drug-likeness (QED) is 0.445. The van der Waals surface area contributed by atoms with Gasteiger partial charge in [-0.25, -0.2) is 23.3 Å². The third kappa shape index (κ3) is 3.23. The topological polar surface area (TPSA) is 101 Å². The lowest BCUT2D eigenvalue weighted by atomic mass is 10.0. The van der Waals surface area contributed by atoms with Crippen molar-refractivity contribution in [2.24, 2.45) is 0 Å². The first-order valence-electron chi connectivity index (χ1n) is 10.4. The Kier molecular flexibility index (Phi) is 4.42. The molecule has 11 heteroatoms. The fraction of sp³-hybridized carbons (Fsp3) is 0.227. The van der Waals surface area contributed by atoms with Crippen molar-refractivity contribution in [2.45, 2.75) is 25.8 Å². The summed E-state index contributed by atoms with van der Waals surface area (Å²) in [6.45, 7) is 2.44. The minimum absolute atomic E-state index is 0.172. The Bertz CT molecular complexity index is 1460. The maximum Gasteiger partial charge on any atom is 0.319 e. The predicted octanol–water partition coefficient (Wildman–Crippen LogP) is 3.90. The molecule has 0 bridgehead atoms. The minimum atomic E-state index is -2.65. The number of H-pyrrole nitrogens is 1. The Hall–Kier alpha value is -4.15. The predicted molar refractivity (Wildman–Crippen MR) is 114 cm³/mol. The van der Waals surface area contributed by atoms with Crippen molar-refractivity contribution in [2.75, 3.05) is 11.4 Å². The Morgan fingerprint density at radius 2 is 2.03 bits per heavy atom. The van der Waals surface area contributed by atoms with E-state index in [4.69, 9.17) is 4.42 Å². The van der Waals surface area contributed by atoms with E-state index in [1.165, 1.54) is 10.6 Å². The molecule has 5 aromatic heterocycles. The lowest BCUT2D eigenvalue weighted by Crippen LogP contribution is -2.37. The number of aryl methyl sites for hydroxylation is 1. The van der Waals surface area contributed by atoms with Crippen molar-refractivity contribution >= 4 is 11.5 Å². The number of nitrogens with one attached hydrogen (secondary N) is 1. The first-order valence-corrected chi connectivity index (χ1v) is 10.4. The number of anilines is 1. The number of imidazole rings is 1. The Labute approximate surface area is 186 Å². The van der Waals surface area contributed by atoms with Gasteiger partial charge in [-0.15, -0.1) is 5.10 Å². The molecule has 1 N–H and O–H groups in total. The van der Waals surface area contributed by atoms with E-state index in [9.17, 15) is 8.78 Å². The number of pyridine rings is 2. The normalized spacial score (nSPS) is 16.0. The largest absolute Gasteiger partial charge is 0.402 e. The number of nitrogens with zero attached hydrogens (tertiary/aromatic N) is 7. The number of halogens is 2. The van der Waals surface area contributed by atoms with Gasteiger partial charge in [0.15, 0.2) is 0 Å². The van der Waals surface area contributed by atoms with Crippen molar-refractivity contribution in [3.63, 3.8) is 0 Å². The Balaban J connectivity index is 1.45.